The van der Waals surface area contributed by atoms with E-state index in [2.05, 4.69) is 0 Å². The van der Waals surface area contributed by atoms with Gasteiger partial charge in [-0.3, -0.25) is 23.7 Å². The van der Waals surface area contributed by atoms with Crippen molar-refractivity contribution in [2.75, 3.05) is 0 Å². The second-order valence-electron chi connectivity index (χ2n) is 10.8. The molecule has 0 fully saturated rings. The molecule has 2 radical (unpaired) electrons. The summed E-state index contributed by atoms with van der Waals surface area (Å²) in [6, 6.07) is 0. The first-order valence-corrected chi connectivity index (χ1v) is 14.8. The molecule has 0 saturated carbocycles. The van der Waals surface area contributed by atoms with Gasteiger partial charge in [-0.05, 0) is 108 Å². The van der Waals surface area contributed by atoms with Crippen LogP contribution in [0.25, 0.3) is 0 Å². The number of Topliss-reactive ketones (excluding diaryl/α,β-unsaturated/α-hetero) is 8. The average molecular weight is 1070 g/mol. The zero-order valence-corrected chi connectivity index (χ0v) is 37.7. The molecule has 2 unspecified atom stereocenters. The number of ketones is 8. The van der Waals surface area contributed by atoms with Gasteiger partial charge >= 0.3 is 0 Å². The predicted octanol–water partition coefficient (Wildman–Crippen LogP) is 5.47. The van der Waals surface area contributed by atoms with Gasteiger partial charge in [-0.15, -0.1) is 0 Å². The Morgan fingerprint density at radius 3 is 0.460 bits per heavy atom. The molecule has 298 valence electrons. The maximum atomic E-state index is 10.3. The predicted molar refractivity (Wildman–Crippen MR) is 186 cm³/mol. The number of rotatable bonds is 10. The van der Waals surface area contributed by atoms with Crippen LogP contribution in [0, 0.1) is 23.7 Å². The smallest absolute Gasteiger partial charge is 0.0906 e. The van der Waals surface area contributed by atoms with Crippen molar-refractivity contribution < 1.29 is 99.0 Å². The third-order valence-corrected chi connectivity index (χ3v) is 6.62. The number of hydrogen-bond donors (Lipinski definition) is 4. The largest absolute Gasteiger partial charge is 0.513 e. The van der Waals surface area contributed by atoms with Gasteiger partial charge in [0, 0.05) is 86.5 Å². The molecule has 0 aliphatic rings. The summed E-state index contributed by atoms with van der Waals surface area (Å²) in [6.07, 6.45) is -1.06. The minimum absolute atomic E-state index is 0. The zero-order valence-electron chi connectivity index (χ0n) is 32.9. The molecule has 50 heavy (non-hydrogen) atoms. The zero-order chi connectivity index (χ0) is 40.4. The molecule has 0 aliphatic carbocycles. The van der Waals surface area contributed by atoms with Gasteiger partial charge in [-0.1, -0.05) is 0 Å². The Kier molecular flexibility index (Phi) is 47.1. The molecule has 12 nitrogen and oxygen atoms in total. The van der Waals surface area contributed by atoms with Crippen molar-refractivity contribution in [3.8, 4) is 0 Å². The van der Waals surface area contributed by atoms with E-state index in [-0.39, 0.29) is 98.0 Å². The molecule has 0 heterocycles. The average Bonchev–Trinajstić information content (AvgIpc) is 2.95. The van der Waals surface area contributed by atoms with Gasteiger partial charge in [0.1, 0.15) is 0 Å². The van der Waals surface area contributed by atoms with E-state index in [0.717, 1.165) is 0 Å². The van der Waals surface area contributed by atoms with Gasteiger partial charge in [-0.2, -0.15) is 27.7 Å². The summed E-state index contributed by atoms with van der Waals surface area (Å²) < 4.78 is 0. The Bertz CT molecular complexity index is 924. The molecular weight excluding hydrogens is 1010 g/mol. The maximum absolute atomic E-state index is 10.3. The van der Waals surface area contributed by atoms with Crippen molar-refractivity contribution >= 4 is 46.3 Å². The van der Waals surface area contributed by atoms with Crippen molar-refractivity contribution in [2.24, 2.45) is 0 Å². The second-order valence-corrected chi connectivity index (χ2v) is 10.8. The summed E-state index contributed by atoms with van der Waals surface area (Å²) in [7, 11) is 0. The molecule has 0 aromatic rings. The number of carbonyl (C=O) groups is 8. The molecule has 0 rings (SSSR count). The minimum atomic E-state index is -0.528. The van der Waals surface area contributed by atoms with E-state index in [0.29, 0.717) is 34.8 Å². The van der Waals surface area contributed by atoms with E-state index in [1.165, 1.54) is 83.1 Å². The van der Waals surface area contributed by atoms with Gasteiger partial charge in [-0.25, -0.2) is 0 Å². The van der Waals surface area contributed by atoms with E-state index in [1.54, 1.807) is 41.5 Å². The summed E-state index contributed by atoms with van der Waals surface area (Å²) in [4.78, 5) is 82.6. The van der Waals surface area contributed by atoms with Crippen molar-refractivity contribution in [1.29, 1.82) is 0 Å². The van der Waals surface area contributed by atoms with Crippen molar-refractivity contribution in [3.05, 3.63) is 46.3 Å². The first kappa shape index (κ1) is 65.5. The number of aliphatic hydroxyl groups excluding tert-OH is 4. The Labute approximate surface area is 327 Å². The number of hydrogen-bond acceptors (Lipinski definition) is 12. The summed E-state index contributed by atoms with van der Waals surface area (Å²) >= 11 is 0. The van der Waals surface area contributed by atoms with Crippen LogP contribution in [-0.4, -0.2) is 78.9 Å². The quantitative estimate of drug-likeness (QED) is 0.122. The SMILES string of the molecule is CC(=O)[C-](C)C(C)=O.CC(=O)[C-](C)C(C)=O.CC(=O)[C-](C)C(C)=O.CC(=O)[C-](C)C(C)=O.CC(O)=C(C)C(C)O.CC(O)=C(C)C(C)O.[Ir].[Ir]. The number of carbonyl (C=O) groups excluding carboxylic acids is 8. The molecule has 14 heteroatoms. The third-order valence-electron chi connectivity index (χ3n) is 6.62. The molecule has 0 saturated heterocycles. The molecule has 0 amide bonds. The van der Waals surface area contributed by atoms with Crippen LogP contribution in [0.1, 0.15) is 125 Å². The van der Waals surface area contributed by atoms with E-state index in [1.807, 2.05) is 0 Å². The molecule has 0 spiro atoms. The Hall–Kier alpha value is -2.86. The minimum Gasteiger partial charge on any atom is -0.513 e. The van der Waals surface area contributed by atoms with Gasteiger partial charge in [0.25, 0.3) is 0 Å². The van der Waals surface area contributed by atoms with E-state index in [9.17, 15) is 38.4 Å². The molecule has 0 aromatic carbocycles. The van der Waals surface area contributed by atoms with E-state index >= 15 is 0 Å². The van der Waals surface area contributed by atoms with Crippen LogP contribution in [0.15, 0.2) is 22.7 Å². The Balaban J connectivity index is -0.0000000700. The topological polar surface area (TPSA) is 217 Å². The van der Waals surface area contributed by atoms with Crippen LogP contribution in [0.2, 0.25) is 0 Å². The van der Waals surface area contributed by atoms with E-state index in [4.69, 9.17) is 20.4 Å². The summed E-state index contributed by atoms with van der Waals surface area (Å²) in [6.45, 7) is 27.0. The van der Waals surface area contributed by atoms with Crippen molar-refractivity contribution in [1.82, 2.24) is 0 Å². The summed E-state index contributed by atoms with van der Waals surface area (Å²) in [5.74, 6) is 0.583. The molecule has 0 aromatic heterocycles. The van der Waals surface area contributed by atoms with Gasteiger partial charge in [0.2, 0.25) is 0 Å². The van der Waals surface area contributed by atoms with Crippen molar-refractivity contribution in [2.45, 2.75) is 137 Å². The molecule has 4 N–H and O–H groups in total. The van der Waals surface area contributed by atoms with Crippen LogP contribution < -0.4 is 0 Å². The fourth-order valence-corrected chi connectivity index (χ4v) is 1.60. The first-order chi connectivity index (χ1) is 21.3. The standard InChI is InChI=1S/2C6H12O2.4C6H9O2.2Ir/c6*1-4(5(2)7)6(3)8;;/h2*5,7-8H,1-3H3;4*1-3H3;;/q;;4*-1;;. The van der Waals surface area contributed by atoms with Crippen LogP contribution in [0.3, 0.4) is 0 Å². The van der Waals surface area contributed by atoms with Crippen LogP contribution in [0.5, 0.6) is 0 Å². The van der Waals surface area contributed by atoms with Gasteiger partial charge in [0.05, 0.1) is 23.7 Å². The molecule has 0 aliphatic heterocycles. The van der Waals surface area contributed by atoms with Crippen LogP contribution >= 0.6 is 0 Å². The van der Waals surface area contributed by atoms with Crippen molar-refractivity contribution in [3.63, 3.8) is 0 Å². The molecule has 2 atom stereocenters. The summed E-state index contributed by atoms with van der Waals surface area (Å²) in [5.41, 5.74) is 1.26. The number of aliphatic hydroxyl groups is 4. The third kappa shape index (κ3) is 43.2. The molecule has 0 bridgehead atoms. The van der Waals surface area contributed by atoms with Gasteiger partial charge in [0.15, 0.2) is 0 Å². The monoisotopic (exact) mass is 1070 g/mol. The van der Waals surface area contributed by atoms with E-state index < -0.39 is 12.2 Å². The first-order valence-electron chi connectivity index (χ1n) is 14.8. The summed E-state index contributed by atoms with van der Waals surface area (Å²) in [5, 5.41) is 35.0. The van der Waals surface area contributed by atoms with Gasteiger partial charge < -0.3 is 58.8 Å². The maximum Gasteiger partial charge on any atom is 0.0906 e. The Morgan fingerprint density at radius 2 is 0.460 bits per heavy atom. The Morgan fingerprint density at radius 1 is 0.360 bits per heavy atom. The fourth-order valence-electron chi connectivity index (χ4n) is 1.60. The second kappa shape index (κ2) is 35.9. The molecular formula is C36H60Ir2O12-4. The van der Waals surface area contributed by atoms with Crippen LogP contribution in [0.4, 0.5) is 0 Å². The number of allylic oxidation sites excluding steroid dienone is 2. The fraction of sp³-hybridized carbons (Fsp3) is 0.556. The van der Waals surface area contributed by atoms with Crippen LogP contribution in [-0.2, 0) is 78.6 Å². The normalized spacial score (nSPS) is 11.0.